The van der Waals surface area contributed by atoms with Crippen LogP contribution in [0.15, 0.2) is 47.6 Å². The third-order valence-electron chi connectivity index (χ3n) is 6.68. The Bertz CT molecular complexity index is 886. The van der Waals surface area contributed by atoms with Crippen molar-refractivity contribution in [3.63, 3.8) is 0 Å². The van der Waals surface area contributed by atoms with Crippen molar-refractivity contribution in [3.8, 4) is 5.75 Å². The molecular weight excluding hydrogens is 408 g/mol. The molecule has 0 unspecified atom stereocenters. The molecule has 1 aliphatic carbocycles. The number of carbonyl (C=O) groups is 1. The van der Waals surface area contributed by atoms with E-state index in [1.165, 1.54) is 42.4 Å². The van der Waals surface area contributed by atoms with Crippen LogP contribution in [0.3, 0.4) is 0 Å². The van der Waals surface area contributed by atoms with E-state index in [4.69, 9.17) is 9.47 Å². The van der Waals surface area contributed by atoms with Gasteiger partial charge in [0.2, 0.25) is 0 Å². The highest BCUT2D eigenvalue weighted by atomic mass is 16.5. The lowest BCUT2D eigenvalue weighted by Gasteiger charge is -2.37. The molecule has 3 heteroatoms. The first-order chi connectivity index (χ1) is 15.8. The molecule has 0 atom stereocenters. The lowest BCUT2D eigenvalue weighted by Crippen LogP contribution is -2.22. The van der Waals surface area contributed by atoms with Crippen LogP contribution in [0.5, 0.6) is 5.75 Å². The molecule has 0 amide bonds. The van der Waals surface area contributed by atoms with Crippen LogP contribution in [0.4, 0.5) is 0 Å². The van der Waals surface area contributed by atoms with Gasteiger partial charge in [0.1, 0.15) is 5.75 Å². The third-order valence-corrected chi connectivity index (χ3v) is 6.68. The predicted octanol–water partition coefficient (Wildman–Crippen LogP) is 8.70. The Hall–Kier alpha value is -2.29. The Kier molecular flexibility index (Phi) is 10.5. The summed E-state index contributed by atoms with van der Waals surface area (Å²) in [4.78, 5) is 12.7. The zero-order valence-electron chi connectivity index (χ0n) is 21.8. The summed E-state index contributed by atoms with van der Waals surface area (Å²) in [5, 5.41) is 0. The number of allylic oxidation sites excluding steroid dienone is 5. The van der Waals surface area contributed by atoms with Crippen molar-refractivity contribution in [2.45, 2.75) is 92.9 Å². The van der Waals surface area contributed by atoms with Gasteiger partial charge in [0, 0.05) is 5.56 Å². The second-order valence-electron chi connectivity index (χ2n) is 9.85. The molecule has 1 aromatic rings. The Labute approximate surface area is 202 Å². The molecule has 3 nitrogen and oxygen atoms in total. The summed E-state index contributed by atoms with van der Waals surface area (Å²) >= 11 is 0. The summed E-state index contributed by atoms with van der Waals surface area (Å²) in [6.07, 6.45) is 11.1. The highest BCUT2D eigenvalue weighted by molar-refractivity contribution is 5.93. The van der Waals surface area contributed by atoms with Gasteiger partial charge in [-0.05, 0) is 86.8 Å². The van der Waals surface area contributed by atoms with Crippen molar-refractivity contribution in [1.82, 2.24) is 0 Å². The number of hydrogen-bond donors (Lipinski definition) is 0. The molecule has 2 rings (SSSR count). The van der Waals surface area contributed by atoms with E-state index >= 15 is 0 Å². The van der Waals surface area contributed by atoms with Crippen LogP contribution in [-0.4, -0.2) is 19.2 Å². The number of ether oxygens (including phenoxy) is 2. The van der Waals surface area contributed by atoms with E-state index in [1.54, 1.807) is 0 Å². The molecule has 0 bridgehead atoms. The number of hydrogen-bond acceptors (Lipinski definition) is 3. The molecule has 0 saturated heterocycles. The zero-order chi connectivity index (χ0) is 24.4. The quantitative estimate of drug-likeness (QED) is 0.181. The molecule has 0 radical (unpaired) electrons. The molecule has 0 N–H and O–H groups in total. The van der Waals surface area contributed by atoms with E-state index in [0.717, 1.165) is 42.6 Å². The summed E-state index contributed by atoms with van der Waals surface area (Å²) in [6.45, 7) is 18.3. The van der Waals surface area contributed by atoms with Gasteiger partial charge in [-0.3, -0.25) is 0 Å². The molecule has 0 heterocycles. The van der Waals surface area contributed by atoms with Gasteiger partial charge in [-0.15, -0.1) is 0 Å². The van der Waals surface area contributed by atoms with E-state index in [0.29, 0.717) is 18.8 Å². The highest BCUT2D eigenvalue weighted by Crippen LogP contribution is 2.49. The molecule has 0 spiro atoms. The summed E-state index contributed by atoms with van der Waals surface area (Å²) in [5.74, 6) is 0.449. The molecule has 0 aliphatic heterocycles. The Morgan fingerprint density at radius 1 is 1.15 bits per heavy atom. The first kappa shape index (κ1) is 27.0. The van der Waals surface area contributed by atoms with Crippen molar-refractivity contribution >= 4 is 11.5 Å². The summed E-state index contributed by atoms with van der Waals surface area (Å²) < 4.78 is 11.6. The van der Waals surface area contributed by atoms with Crippen LogP contribution in [0.1, 0.15) is 109 Å². The van der Waals surface area contributed by atoms with Crippen molar-refractivity contribution in [2.24, 2.45) is 5.41 Å². The fourth-order valence-corrected chi connectivity index (χ4v) is 4.91. The minimum Gasteiger partial charge on any atom is -0.493 e. The maximum atomic E-state index is 12.7. The monoisotopic (exact) mass is 452 g/mol. The largest absolute Gasteiger partial charge is 0.493 e. The van der Waals surface area contributed by atoms with Gasteiger partial charge in [0.25, 0.3) is 0 Å². The van der Waals surface area contributed by atoms with E-state index < -0.39 is 0 Å². The molecule has 182 valence electrons. The number of unbranched alkanes of at least 4 members (excludes halogenated alkanes) is 4. The first-order valence-electron chi connectivity index (χ1n) is 12.7. The van der Waals surface area contributed by atoms with Gasteiger partial charge < -0.3 is 9.47 Å². The first-order valence-corrected chi connectivity index (χ1v) is 12.7. The number of esters is 1. The summed E-state index contributed by atoms with van der Waals surface area (Å²) in [7, 11) is 0. The van der Waals surface area contributed by atoms with E-state index in [2.05, 4.69) is 41.2 Å². The third kappa shape index (κ3) is 7.09. The maximum absolute atomic E-state index is 12.7. The molecule has 0 aromatic heterocycles. The van der Waals surface area contributed by atoms with Crippen LogP contribution in [0, 0.1) is 5.41 Å². The van der Waals surface area contributed by atoms with Crippen LogP contribution in [0.25, 0.3) is 5.57 Å². The molecule has 0 saturated carbocycles. The number of benzene rings is 1. The van der Waals surface area contributed by atoms with E-state index in [9.17, 15) is 4.79 Å². The van der Waals surface area contributed by atoms with Gasteiger partial charge in [-0.25, -0.2) is 4.79 Å². The van der Waals surface area contributed by atoms with Gasteiger partial charge in [0.15, 0.2) is 0 Å². The average Bonchev–Trinajstić information content (AvgIpc) is 2.78. The molecule has 1 aliphatic rings. The van der Waals surface area contributed by atoms with Crippen molar-refractivity contribution < 1.29 is 14.3 Å². The van der Waals surface area contributed by atoms with Crippen LogP contribution in [0.2, 0.25) is 0 Å². The normalized spacial score (nSPS) is 16.3. The van der Waals surface area contributed by atoms with Crippen LogP contribution in [-0.2, 0) is 4.74 Å². The summed E-state index contributed by atoms with van der Waals surface area (Å²) in [5.41, 5.74) is 6.76. The van der Waals surface area contributed by atoms with E-state index in [-0.39, 0.29) is 11.4 Å². The maximum Gasteiger partial charge on any atom is 0.338 e. The van der Waals surface area contributed by atoms with Crippen molar-refractivity contribution in [3.05, 3.63) is 58.7 Å². The zero-order valence-corrected chi connectivity index (χ0v) is 21.8. The second-order valence-corrected chi connectivity index (χ2v) is 9.85. The second kappa shape index (κ2) is 12.8. The van der Waals surface area contributed by atoms with Crippen molar-refractivity contribution in [2.75, 3.05) is 13.2 Å². The predicted molar refractivity (Wildman–Crippen MR) is 140 cm³/mol. The molecule has 33 heavy (non-hydrogen) atoms. The van der Waals surface area contributed by atoms with Gasteiger partial charge in [0.05, 0.1) is 18.8 Å². The van der Waals surface area contributed by atoms with Crippen LogP contribution < -0.4 is 4.74 Å². The van der Waals surface area contributed by atoms with Crippen molar-refractivity contribution in [1.29, 1.82) is 0 Å². The Morgan fingerprint density at radius 3 is 2.52 bits per heavy atom. The molecule has 0 fully saturated rings. The lowest BCUT2D eigenvalue weighted by atomic mass is 9.68. The topological polar surface area (TPSA) is 35.5 Å². The molecule has 1 aromatic carbocycles. The van der Waals surface area contributed by atoms with E-state index in [1.807, 2.05) is 31.2 Å². The van der Waals surface area contributed by atoms with Crippen LogP contribution >= 0.6 is 0 Å². The molecular formula is C30H44O3. The van der Waals surface area contributed by atoms with Gasteiger partial charge >= 0.3 is 5.97 Å². The highest BCUT2D eigenvalue weighted by Gasteiger charge is 2.33. The van der Waals surface area contributed by atoms with Gasteiger partial charge in [-0.2, -0.15) is 0 Å². The standard InChI is InChI=1S/C30H44O3/c1-8-11-12-13-14-20-33-29(31)24-17-18-25(26(21-24)32-10-3)27(22(4)9-2)28-23(5)16-15-19-30(28,6)7/h9,17-18,21H,2,8,10-16,19-20H2,1,3-7H3/b27-22-. The Morgan fingerprint density at radius 2 is 1.88 bits per heavy atom. The minimum absolute atomic E-state index is 0.0702. The number of rotatable bonds is 12. The smallest absolute Gasteiger partial charge is 0.338 e. The lowest BCUT2D eigenvalue weighted by molar-refractivity contribution is 0.0497. The minimum atomic E-state index is -0.280. The number of carbonyl (C=O) groups excluding carboxylic acids is 1. The average molecular weight is 453 g/mol. The van der Waals surface area contributed by atoms with Gasteiger partial charge in [-0.1, -0.05) is 64.7 Å². The SMILES string of the molecule is C=C/C(C)=C(\C1=C(C)CCCC1(C)C)c1ccc(C(=O)OCCCCCCC)cc1OCC. The Balaban J connectivity index is 2.38. The summed E-state index contributed by atoms with van der Waals surface area (Å²) in [6, 6.07) is 5.75. The fourth-order valence-electron chi connectivity index (χ4n) is 4.91. The fraction of sp³-hybridized carbons (Fsp3) is 0.567.